The van der Waals surface area contributed by atoms with Gasteiger partial charge in [0.1, 0.15) is 0 Å². The molecule has 1 aromatic carbocycles. The number of hydrogen-bond donors (Lipinski definition) is 2. The van der Waals surface area contributed by atoms with Crippen LogP contribution in [0.5, 0.6) is 0 Å². The quantitative estimate of drug-likeness (QED) is 0.883. The van der Waals surface area contributed by atoms with Gasteiger partial charge < -0.3 is 10.4 Å². The Morgan fingerprint density at radius 3 is 2.58 bits per heavy atom. The van der Waals surface area contributed by atoms with Crippen LogP contribution in [-0.2, 0) is 0 Å². The molecule has 1 aromatic rings. The number of benzene rings is 1. The van der Waals surface area contributed by atoms with Crippen LogP contribution in [0.3, 0.4) is 0 Å². The van der Waals surface area contributed by atoms with Crippen molar-refractivity contribution in [1.29, 1.82) is 0 Å². The number of nitrogens with one attached hydrogen (secondary N) is 1. The van der Waals surface area contributed by atoms with Gasteiger partial charge >= 0.3 is 5.97 Å². The molecule has 0 amide bonds. The van der Waals surface area contributed by atoms with Gasteiger partial charge in [-0.2, -0.15) is 0 Å². The Morgan fingerprint density at radius 1 is 1.21 bits per heavy atom. The lowest BCUT2D eigenvalue weighted by molar-refractivity contribution is 0.0690. The van der Waals surface area contributed by atoms with E-state index in [0.29, 0.717) is 11.8 Å². The SMILES string of the molecule is O=C(O)c1ccc(NC2CC3CCC2C3)c(F)c1F. The van der Waals surface area contributed by atoms with Gasteiger partial charge in [0.2, 0.25) is 0 Å². The number of carbonyl (C=O) groups is 1. The molecular formula is C14H15F2NO2. The highest BCUT2D eigenvalue weighted by molar-refractivity contribution is 5.88. The highest BCUT2D eigenvalue weighted by atomic mass is 19.2. The first-order chi connectivity index (χ1) is 9.06. The van der Waals surface area contributed by atoms with Crippen molar-refractivity contribution >= 4 is 11.7 Å². The highest BCUT2D eigenvalue weighted by Crippen LogP contribution is 2.45. The Kier molecular flexibility index (Phi) is 2.92. The van der Waals surface area contributed by atoms with E-state index in [0.717, 1.165) is 25.3 Å². The van der Waals surface area contributed by atoms with Crippen molar-refractivity contribution in [3.05, 3.63) is 29.3 Å². The number of carboxylic acids is 1. The summed E-state index contributed by atoms with van der Waals surface area (Å²) in [6.45, 7) is 0. The molecule has 2 bridgehead atoms. The van der Waals surface area contributed by atoms with E-state index in [9.17, 15) is 13.6 Å². The molecule has 2 N–H and O–H groups in total. The lowest BCUT2D eigenvalue weighted by Crippen LogP contribution is -2.26. The molecule has 3 nitrogen and oxygen atoms in total. The first-order valence-electron chi connectivity index (χ1n) is 6.54. The zero-order valence-electron chi connectivity index (χ0n) is 10.3. The summed E-state index contributed by atoms with van der Waals surface area (Å²) in [7, 11) is 0. The summed E-state index contributed by atoms with van der Waals surface area (Å²) >= 11 is 0. The molecule has 2 fully saturated rings. The Labute approximate surface area is 109 Å². The molecule has 0 aromatic heterocycles. The number of carboxylic acid groups (broad SMARTS) is 1. The third-order valence-corrected chi connectivity index (χ3v) is 4.39. The van der Waals surface area contributed by atoms with Gasteiger partial charge in [-0.3, -0.25) is 0 Å². The van der Waals surface area contributed by atoms with Crippen LogP contribution in [0.15, 0.2) is 12.1 Å². The van der Waals surface area contributed by atoms with Gasteiger partial charge in [0.15, 0.2) is 11.6 Å². The normalized spacial score (nSPS) is 28.6. The standard InChI is InChI=1S/C14H15F2NO2/c15-12-9(14(18)19)3-4-10(13(12)16)17-11-6-7-1-2-8(11)5-7/h3-4,7-8,11,17H,1-2,5-6H2,(H,18,19). The number of fused-ring (bicyclic) bond motifs is 2. The average Bonchev–Trinajstić information content (AvgIpc) is 2.97. The van der Waals surface area contributed by atoms with Crippen molar-refractivity contribution in [1.82, 2.24) is 0 Å². The monoisotopic (exact) mass is 267 g/mol. The third-order valence-electron chi connectivity index (χ3n) is 4.39. The maximum absolute atomic E-state index is 13.8. The smallest absolute Gasteiger partial charge is 0.338 e. The second-order valence-electron chi connectivity index (χ2n) is 5.52. The average molecular weight is 267 g/mol. The van der Waals surface area contributed by atoms with Crippen molar-refractivity contribution in [2.24, 2.45) is 11.8 Å². The highest BCUT2D eigenvalue weighted by Gasteiger charge is 2.39. The summed E-state index contributed by atoms with van der Waals surface area (Å²) < 4.78 is 27.4. The maximum Gasteiger partial charge on any atom is 0.338 e. The van der Waals surface area contributed by atoms with Gasteiger partial charge in [-0.1, -0.05) is 6.42 Å². The molecule has 102 valence electrons. The predicted molar refractivity (Wildman–Crippen MR) is 66.2 cm³/mol. The maximum atomic E-state index is 13.8. The van der Waals surface area contributed by atoms with Crippen molar-refractivity contribution in [3.63, 3.8) is 0 Å². The van der Waals surface area contributed by atoms with Gasteiger partial charge in [-0.25, -0.2) is 13.6 Å². The summed E-state index contributed by atoms with van der Waals surface area (Å²) in [5.74, 6) is -2.61. The molecule has 19 heavy (non-hydrogen) atoms. The first-order valence-corrected chi connectivity index (χ1v) is 6.54. The van der Waals surface area contributed by atoms with Gasteiger partial charge in [-0.05, 0) is 43.2 Å². The van der Waals surface area contributed by atoms with Crippen molar-refractivity contribution in [2.75, 3.05) is 5.32 Å². The molecule has 3 rings (SSSR count). The Bertz CT molecular complexity index is 532. The number of hydrogen-bond acceptors (Lipinski definition) is 2. The summed E-state index contributed by atoms with van der Waals surface area (Å²) in [6, 6.07) is 2.60. The minimum atomic E-state index is -1.46. The van der Waals surface area contributed by atoms with E-state index >= 15 is 0 Å². The lowest BCUT2D eigenvalue weighted by atomic mass is 9.95. The molecule has 0 spiro atoms. The van der Waals surface area contributed by atoms with Crippen LogP contribution in [-0.4, -0.2) is 17.1 Å². The zero-order valence-corrected chi connectivity index (χ0v) is 10.3. The van der Waals surface area contributed by atoms with E-state index in [1.54, 1.807) is 0 Å². The van der Waals surface area contributed by atoms with Crippen LogP contribution in [0.25, 0.3) is 0 Å². The van der Waals surface area contributed by atoms with Gasteiger partial charge in [0, 0.05) is 6.04 Å². The van der Waals surface area contributed by atoms with Crippen molar-refractivity contribution in [3.8, 4) is 0 Å². The van der Waals surface area contributed by atoms with E-state index < -0.39 is 23.2 Å². The third kappa shape index (κ3) is 2.07. The van der Waals surface area contributed by atoms with Crippen LogP contribution in [0.1, 0.15) is 36.0 Å². The Balaban J connectivity index is 1.82. The van der Waals surface area contributed by atoms with E-state index in [1.165, 1.54) is 12.5 Å². The van der Waals surface area contributed by atoms with Crippen LogP contribution in [0.4, 0.5) is 14.5 Å². The Hall–Kier alpha value is -1.65. The molecule has 3 unspecified atom stereocenters. The van der Waals surface area contributed by atoms with Gasteiger partial charge in [0.05, 0.1) is 11.3 Å². The van der Waals surface area contributed by atoms with E-state index in [2.05, 4.69) is 5.32 Å². The molecule has 2 aliphatic carbocycles. The molecular weight excluding hydrogens is 252 g/mol. The molecule has 0 saturated heterocycles. The molecule has 5 heteroatoms. The molecule has 0 aliphatic heterocycles. The molecule has 0 radical (unpaired) electrons. The number of rotatable bonds is 3. The summed E-state index contributed by atoms with van der Waals surface area (Å²) in [4.78, 5) is 10.7. The summed E-state index contributed by atoms with van der Waals surface area (Å²) in [5, 5.41) is 11.8. The van der Waals surface area contributed by atoms with Crippen molar-refractivity contribution in [2.45, 2.75) is 31.7 Å². The number of halogens is 2. The fourth-order valence-electron chi connectivity index (χ4n) is 3.45. The Morgan fingerprint density at radius 2 is 2.00 bits per heavy atom. The number of anilines is 1. The van der Waals surface area contributed by atoms with Gasteiger partial charge in [0.25, 0.3) is 0 Å². The molecule has 2 aliphatic rings. The number of aromatic carboxylic acids is 1. The van der Waals surface area contributed by atoms with Crippen molar-refractivity contribution < 1.29 is 18.7 Å². The van der Waals surface area contributed by atoms with E-state index in [1.807, 2.05) is 0 Å². The fourth-order valence-corrected chi connectivity index (χ4v) is 3.45. The molecule has 3 atom stereocenters. The topological polar surface area (TPSA) is 49.3 Å². The summed E-state index contributed by atoms with van der Waals surface area (Å²) in [6.07, 6.45) is 4.53. The minimum absolute atomic E-state index is 0.0695. The molecule has 2 saturated carbocycles. The minimum Gasteiger partial charge on any atom is -0.478 e. The van der Waals surface area contributed by atoms with Gasteiger partial charge in [-0.15, -0.1) is 0 Å². The molecule has 0 heterocycles. The summed E-state index contributed by atoms with van der Waals surface area (Å²) in [5.41, 5.74) is -0.559. The second kappa shape index (κ2) is 4.47. The fraction of sp³-hybridized carbons (Fsp3) is 0.500. The largest absolute Gasteiger partial charge is 0.478 e. The van der Waals surface area contributed by atoms with Crippen LogP contribution in [0, 0.1) is 23.5 Å². The van der Waals surface area contributed by atoms with E-state index in [-0.39, 0.29) is 11.7 Å². The van der Waals surface area contributed by atoms with Crippen LogP contribution >= 0.6 is 0 Å². The lowest BCUT2D eigenvalue weighted by Gasteiger charge is -2.24. The zero-order chi connectivity index (χ0) is 13.6. The van der Waals surface area contributed by atoms with Crippen LogP contribution in [0.2, 0.25) is 0 Å². The second-order valence-corrected chi connectivity index (χ2v) is 5.52. The first kappa shape index (κ1) is 12.4. The predicted octanol–water partition coefficient (Wildman–Crippen LogP) is 3.26. The van der Waals surface area contributed by atoms with Crippen LogP contribution < -0.4 is 5.32 Å². The van der Waals surface area contributed by atoms with E-state index in [4.69, 9.17) is 5.11 Å².